The Morgan fingerprint density at radius 2 is 2.22 bits per heavy atom. The van der Waals surface area contributed by atoms with Crippen LogP contribution < -0.4 is 4.74 Å². The molecule has 1 aliphatic rings. The lowest BCUT2D eigenvalue weighted by molar-refractivity contribution is 0.00968. The third-order valence-corrected chi connectivity index (χ3v) is 2.72. The highest BCUT2D eigenvalue weighted by molar-refractivity contribution is 6.19. The van der Waals surface area contributed by atoms with Gasteiger partial charge in [0, 0.05) is 6.07 Å². The van der Waals surface area contributed by atoms with Crippen molar-refractivity contribution in [2.24, 2.45) is 5.92 Å². The third kappa shape index (κ3) is 4.21. The SMILES string of the molecule is Fc1ccc(C#CCCl)c(OCOCC2CC2)c1. The molecule has 0 spiro atoms. The molecule has 1 aliphatic carbocycles. The Balaban J connectivity index is 1.92. The summed E-state index contributed by atoms with van der Waals surface area (Å²) in [4.78, 5) is 0. The first kappa shape index (κ1) is 13.2. The maximum absolute atomic E-state index is 13.1. The van der Waals surface area contributed by atoms with Crippen LogP contribution in [0.5, 0.6) is 5.75 Å². The van der Waals surface area contributed by atoms with Crippen molar-refractivity contribution < 1.29 is 13.9 Å². The summed E-state index contributed by atoms with van der Waals surface area (Å²) in [5, 5.41) is 0. The minimum Gasteiger partial charge on any atom is -0.466 e. The van der Waals surface area contributed by atoms with Gasteiger partial charge in [-0.15, -0.1) is 11.6 Å². The smallest absolute Gasteiger partial charge is 0.189 e. The highest BCUT2D eigenvalue weighted by Gasteiger charge is 2.21. The summed E-state index contributed by atoms with van der Waals surface area (Å²) >= 11 is 5.49. The molecule has 1 aromatic carbocycles. The van der Waals surface area contributed by atoms with Crippen LogP contribution in [0.15, 0.2) is 18.2 Å². The Labute approximate surface area is 111 Å². The number of benzene rings is 1. The maximum Gasteiger partial charge on any atom is 0.189 e. The summed E-state index contributed by atoms with van der Waals surface area (Å²) in [5.74, 6) is 6.48. The molecule has 0 amide bonds. The van der Waals surface area contributed by atoms with Crippen LogP contribution in [0.2, 0.25) is 0 Å². The van der Waals surface area contributed by atoms with Gasteiger partial charge >= 0.3 is 0 Å². The van der Waals surface area contributed by atoms with Gasteiger partial charge in [-0.2, -0.15) is 0 Å². The standard InChI is InChI=1S/C14H14ClFO2/c15-7-1-2-12-5-6-13(16)8-14(12)18-10-17-9-11-3-4-11/h5-6,8,11H,3-4,7,9-10H2. The van der Waals surface area contributed by atoms with Gasteiger partial charge in [0.2, 0.25) is 0 Å². The molecule has 0 heterocycles. The first-order valence-corrected chi connectivity index (χ1v) is 6.38. The van der Waals surface area contributed by atoms with Crippen molar-refractivity contribution in [2.75, 3.05) is 19.3 Å². The molecule has 0 saturated heterocycles. The van der Waals surface area contributed by atoms with Crippen LogP contribution in [-0.2, 0) is 4.74 Å². The van der Waals surface area contributed by atoms with Crippen LogP contribution in [-0.4, -0.2) is 19.3 Å². The summed E-state index contributed by atoms with van der Waals surface area (Å²) in [7, 11) is 0. The molecule has 0 radical (unpaired) electrons. The van der Waals surface area contributed by atoms with E-state index < -0.39 is 0 Å². The molecule has 4 heteroatoms. The maximum atomic E-state index is 13.1. The van der Waals surface area contributed by atoms with E-state index in [2.05, 4.69) is 11.8 Å². The molecule has 96 valence electrons. The van der Waals surface area contributed by atoms with Gasteiger partial charge in [-0.3, -0.25) is 0 Å². The molecular formula is C14H14ClFO2. The molecule has 18 heavy (non-hydrogen) atoms. The van der Waals surface area contributed by atoms with Crippen LogP contribution in [0.25, 0.3) is 0 Å². The van der Waals surface area contributed by atoms with Gasteiger partial charge in [0.05, 0.1) is 18.1 Å². The summed E-state index contributed by atoms with van der Waals surface area (Å²) in [6.07, 6.45) is 2.46. The summed E-state index contributed by atoms with van der Waals surface area (Å²) < 4.78 is 23.8. The Hall–Kier alpha value is -1.24. The second-order valence-electron chi connectivity index (χ2n) is 4.15. The number of rotatable bonds is 5. The fourth-order valence-corrected chi connectivity index (χ4v) is 1.52. The molecule has 0 atom stereocenters. The van der Waals surface area contributed by atoms with Crippen LogP contribution in [0.4, 0.5) is 4.39 Å². The van der Waals surface area contributed by atoms with E-state index in [0.717, 1.165) is 0 Å². The van der Waals surface area contributed by atoms with E-state index in [4.69, 9.17) is 21.1 Å². The lowest BCUT2D eigenvalue weighted by atomic mass is 10.2. The lowest BCUT2D eigenvalue weighted by Gasteiger charge is -2.08. The van der Waals surface area contributed by atoms with E-state index in [1.807, 2.05) is 0 Å². The first-order chi connectivity index (χ1) is 8.79. The molecule has 0 bridgehead atoms. The van der Waals surface area contributed by atoms with Crippen LogP contribution >= 0.6 is 11.6 Å². The largest absolute Gasteiger partial charge is 0.466 e. The van der Waals surface area contributed by atoms with Gasteiger partial charge in [-0.25, -0.2) is 4.39 Å². The highest BCUT2D eigenvalue weighted by atomic mass is 35.5. The van der Waals surface area contributed by atoms with E-state index in [9.17, 15) is 4.39 Å². The Morgan fingerprint density at radius 1 is 1.39 bits per heavy atom. The van der Waals surface area contributed by atoms with Crippen molar-refractivity contribution in [1.82, 2.24) is 0 Å². The van der Waals surface area contributed by atoms with Gasteiger partial charge < -0.3 is 9.47 Å². The van der Waals surface area contributed by atoms with E-state index in [0.29, 0.717) is 23.8 Å². The lowest BCUT2D eigenvalue weighted by Crippen LogP contribution is -2.06. The zero-order valence-electron chi connectivity index (χ0n) is 9.92. The van der Waals surface area contributed by atoms with Gasteiger partial charge in [-0.05, 0) is 30.9 Å². The van der Waals surface area contributed by atoms with E-state index in [-0.39, 0.29) is 18.5 Å². The van der Waals surface area contributed by atoms with Crippen molar-refractivity contribution in [3.8, 4) is 17.6 Å². The normalized spacial score (nSPS) is 13.9. The quantitative estimate of drug-likeness (QED) is 0.353. The number of halogens is 2. The molecule has 0 N–H and O–H groups in total. The van der Waals surface area contributed by atoms with Crippen molar-refractivity contribution in [3.05, 3.63) is 29.6 Å². The summed E-state index contributed by atoms with van der Waals surface area (Å²) in [6, 6.07) is 4.22. The van der Waals surface area contributed by atoms with Gasteiger partial charge in [0.25, 0.3) is 0 Å². The zero-order chi connectivity index (χ0) is 12.8. The second kappa shape index (κ2) is 6.63. The van der Waals surface area contributed by atoms with Crippen LogP contribution in [0.3, 0.4) is 0 Å². The van der Waals surface area contributed by atoms with Gasteiger partial charge in [0.1, 0.15) is 11.6 Å². The minimum absolute atomic E-state index is 0.121. The average molecular weight is 269 g/mol. The molecule has 0 aromatic heterocycles. The highest BCUT2D eigenvalue weighted by Crippen LogP contribution is 2.28. The zero-order valence-corrected chi connectivity index (χ0v) is 10.7. The number of alkyl halides is 1. The van der Waals surface area contributed by atoms with Crippen molar-refractivity contribution in [3.63, 3.8) is 0 Å². The molecule has 0 unspecified atom stereocenters. The van der Waals surface area contributed by atoms with E-state index >= 15 is 0 Å². The van der Waals surface area contributed by atoms with Crippen molar-refractivity contribution >= 4 is 11.6 Å². The molecular weight excluding hydrogens is 255 g/mol. The first-order valence-electron chi connectivity index (χ1n) is 5.84. The number of hydrogen-bond donors (Lipinski definition) is 0. The average Bonchev–Trinajstić information content (AvgIpc) is 3.17. The van der Waals surface area contributed by atoms with Crippen LogP contribution in [0, 0.1) is 23.6 Å². The molecule has 2 rings (SSSR count). The summed E-state index contributed by atoms with van der Waals surface area (Å²) in [5.41, 5.74) is 0.618. The minimum atomic E-state index is -0.358. The van der Waals surface area contributed by atoms with Crippen molar-refractivity contribution in [2.45, 2.75) is 12.8 Å². The number of hydrogen-bond acceptors (Lipinski definition) is 2. The predicted octanol–water partition coefficient (Wildman–Crippen LogP) is 3.18. The second-order valence-corrected chi connectivity index (χ2v) is 4.42. The van der Waals surface area contributed by atoms with Gasteiger partial charge in [-0.1, -0.05) is 11.8 Å². The monoisotopic (exact) mass is 268 g/mol. The third-order valence-electron chi connectivity index (χ3n) is 2.58. The fraction of sp³-hybridized carbons (Fsp3) is 0.429. The Morgan fingerprint density at radius 3 is 2.94 bits per heavy atom. The van der Waals surface area contributed by atoms with E-state index in [1.165, 1.54) is 25.0 Å². The van der Waals surface area contributed by atoms with E-state index in [1.54, 1.807) is 6.07 Å². The number of ether oxygens (including phenoxy) is 2. The molecule has 1 aromatic rings. The molecule has 1 saturated carbocycles. The Kier molecular flexibility index (Phi) is 4.86. The fourth-order valence-electron chi connectivity index (χ4n) is 1.45. The van der Waals surface area contributed by atoms with Gasteiger partial charge in [0.15, 0.2) is 6.79 Å². The van der Waals surface area contributed by atoms with Crippen molar-refractivity contribution in [1.29, 1.82) is 0 Å². The molecule has 1 fully saturated rings. The topological polar surface area (TPSA) is 18.5 Å². The predicted molar refractivity (Wildman–Crippen MR) is 68.2 cm³/mol. The van der Waals surface area contributed by atoms with Crippen LogP contribution in [0.1, 0.15) is 18.4 Å². The molecule has 0 aliphatic heterocycles. The Bertz CT molecular complexity index is 461. The molecule has 2 nitrogen and oxygen atoms in total. The summed E-state index contributed by atoms with van der Waals surface area (Å²) in [6.45, 7) is 0.827.